The van der Waals surface area contributed by atoms with E-state index in [1.807, 2.05) is 6.92 Å². The van der Waals surface area contributed by atoms with Crippen molar-refractivity contribution in [3.8, 4) is 0 Å². The first-order valence-corrected chi connectivity index (χ1v) is 4.61. The second-order valence-corrected chi connectivity index (χ2v) is 4.15. The van der Waals surface area contributed by atoms with Crippen LogP contribution >= 0.6 is 0 Å². The van der Waals surface area contributed by atoms with Gasteiger partial charge >= 0.3 is 6.09 Å². The lowest BCUT2D eigenvalue weighted by atomic mass is 9.84. The van der Waals surface area contributed by atoms with Gasteiger partial charge in [-0.1, -0.05) is 6.42 Å². The number of carbonyl (C=O) groups excluding carboxylic acids is 1. The molecule has 1 amide bonds. The van der Waals surface area contributed by atoms with E-state index in [4.69, 9.17) is 4.74 Å². The van der Waals surface area contributed by atoms with Crippen molar-refractivity contribution in [2.24, 2.45) is 5.92 Å². The Balaban J connectivity index is 2.22. The van der Waals surface area contributed by atoms with Crippen LogP contribution in [-0.4, -0.2) is 17.7 Å². The van der Waals surface area contributed by atoms with Gasteiger partial charge in [0.2, 0.25) is 0 Å². The normalized spacial score (nSPS) is 46.3. The summed E-state index contributed by atoms with van der Waals surface area (Å²) in [5.74, 6) is 0.509. The molecule has 3 nitrogen and oxygen atoms in total. The molecular formula is C9H15NO2. The number of rotatable bonds is 0. The maximum Gasteiger partial charge on any atom is 0.407 e. The number of ether oxygens (including phenoxy) is 1. The summed E-state index contributed by atoms with van der Waals surface area (Å²) in [6.45, 7) is 4.12. The van der Waals surface area contributed by atoms with E-state index in [9.17, 15) is 4.79 Å². The molecule has 1 saturated carbocycles. The molecule has 1 N–H and O–H groups in total. The average Bonchev–Trinajstić information content (AvgIpc) is 2.29. The van der Waals surface area contributed by atoms with E-state index in [1.54, 1.807) is 0 Å². The Bertz CT molecular complexity index is 217. The molecule has 0 radical (unpaired) electrons. The Morgan fingerprint density at radius 3 is 3.17 bits per heavy atom. The lowest BCUT2D eigenvalue weighted by Gasteiger charge is -2.40. The summed E-state index contributed by atoms with van der Waals surface area (Å²) in [6, 6.07) is 0. The molecule has 0 aromatic carbocycles. The van der Waals surface area contributed by atoms with Crippen molar-refractivity contribution in [3.63, 3.8) is 0 Å². The number of alkyl carbamates (subject to hydrolysis) is 1. The van der Waals surface area contributed by atoms with Crippen molar-refractivity contribution < 1.29 is 9.53 Å². The van der Waals surface area contributed by atoms with Gasteiger partial charge in [-0.05, 0) is 26.7 Å². The first-order valence-electron chi connectivity index (χ1n) is 4.61. The third-order valence-corrected chi connectivity index (χ3v) is 3.28. The van der Waals surface area contributed by atoms with E-state index in [0.717, 1.165) is 6.42 Å². The summed E-state index contributed by atoms with van der Waals surface area (Å²) >= 11 is 0. The fourth-order valence-corrected chi connectivity index (χ4v) is 2.61. The van der Waals surface area contributed by atoms with E-state index in [2.05, 4.69) is 12.2 Å². The van der Waals surface area contributed by atoms with E-state index in [-0.39, 0.29) is 17.7 Å². The Hall–Kier alpha value is -0.730. The van der Waals surface area contributed by atoms with Crippen molar-refractivity contribution in [1.82, 2.24) is 5.32 Å². The van der Waals surface area contributed by atoms with Crippen LogP contribution in [0.4, 0.5) is 4.79 Å². The number of cyclic esters (lactones) is 1. The molecule has 2 fully saturated rings. The standard InChI is InChI=1S/C9H15NO2/c1-6-7-4-3-5-9(7,2)10-8(11)12-6/h6-7H,3-5H2,1-2H3,(H,10,11)/t6-,7+,9+/m1/s1. The predicted molar refractivity (Wildman–Crippen MR) is 44.8 cm³/mol. The molecule has 2 rings (SSSR count). The molecule has 2 aliphatic rings. The third kappa shape index (κ3) is 0.993. The van der Waals surface area contributed by atoms with Crippen molar-refractivity contribution in [2.45, 2.75) is 44.8 Å². The molecule has 0 aromatic rings. The molecule has 1 heterocycles. The molecule has 1 aliphatic carbocycles. The summed E-state index contributed by atoms with van der Waals surface area (Å²) in [5.41, 5.74) is 0.00868. The van der Waals surface area contributed by atoms with Gasteiger partial charge in [0.15, 0.2) is 0 Å². The van der Waals surface area contributed by atoms with E-state index < -0.39 is 0 Å². The molecule has 0 unspecified atom stereocenters. The SMILES string of the molecule is C[C@H]1OC(=O)N[C@@]2(C)CCC[C@@H]12. The highest BCUT2D eigenvalue weighted by Gasteiger charge is 2.47. The van der Waals surface area contributed by atoms with Crippen LogP contribution in [0.15, 0.2) is 0 Å². The molecule has 0 aromatic heterocycles. The monoisotopic (exact) mass is 169 g/mol. The van der Waals surface area contributed by atoms with Gasteiger partial charge in [-0.15, -0.1) is 0 Å². The predicted octanol–water partition coefficient (Wildman–Crippen LogP) is 1.67. The fourth-order valence-electron chi connectivity index (χ4n) is 2.61. The minimum absolute atomic E-state index is 0.00868. The first-order chi connectivity index (χ1) is 5.62. The van der Waals surface area contributed by atoms with E-state index in [0.29, 0.717) is 5.92 Å². The van der Waals surface area contributed by atoms with Crippen LogP contribution in [0.25, 0.3) is 0 Å². The van der Waals surface area contributed by atoms with Crippen LogP contribution in [0, 0.1) is 5.92 Å². The highest BCUT2D eigenvalue weighted by molar-refractivity contribution is 5.69. The fraction of sp³-hybridized carbons (Fsp3) is 0.889. The summed E-state index contributed by atoms with van der Waals surface area (Å²) in [4.78, 5) is 11.1. The minimum Gasteiger partial charge on any atom is -0.446 e. The lowest BCUT2D eigenvalue weighted by Crippen LogP contribution is -2.57. The van der Waals surface area contributed by atoms with Crippen LogP contribution in [0.5, 0.6) is 0 Å². The maximum absolute atomic E-state index is 11.1. The molecular weight excluding hydrogens is 154 g/mol. The van der Waals surface area contributed by atoms with Gasteiger partial charge in [-0.2, -0.15) is 0 Å². The van der Waals surface area contributed by atoms with Gasteiger partial charge in [-0.25, -0.2) is 4.79 Å². The number of nitrogens with one attached hydrogen (secondary N) is 1. The molecule has 1 aliphatic heterocycles. The second-order valence-electron chi connectivity index (χ2n) is 4.15. The number of amides is 1. The topological polar surface area (TPSA) is 38.3 Å². The highest BCUT2D eigenvalue weighted by atomic mass is 16.6. The molecule has 68 valence electrons. The van der Waals surface area contributed by atoms with Gasteiger partial charge in [-0.3, -0.25) is 0 Å². The Kier molecular flexibility index (Phi) is 1.56. The molecule has 0 bridgehead atoms. The number of hydrogen-bond acceptors (Lipinski definition) is 2. The zero-order valence-corrected chi connectivity index (χ0v) is 7.59. The average molecular weight is 169 g/mol. The second kappa shape index (κ2) is 2.38. The molecule has 0 spiro atoms. The quantitative estimate of drug-likeness (QED) is 0.599. The van der Waals surface area contributed by atoms with Crippen LogP contribution in [0.1, 0.15) is 33.1 Å². The zero-order chi connectivity index (χ0) is 8.77. The largest absolute Gasteiger partial charge is 0.446 e. The van der Waals surface area contributed by atoms with E-state index in [1.165, 1.54) is 12.8 Å². The first kappa shape index (κ1) is 7.90. The van der Waals surface area contributed by atoms with E-state index >= 15 is 0 Å². The van der Waals surface area contributed by atoms with Crippen molar-refractivity contribution in [1.29, 1.82) is 0 Å². The Morgan fingerprint density at radius 1 is 1.67 bits per heavy atom. The van der Waals surface area contributed by atoms with Gasteiger partial charge in [0.05, 0.1) is 0 Å². The maximum atomic E-state index is 11.1. The van der Waals surface area contributed by atoms with Crippen molar-refractivity contribution >= 4 is 6.09 Å². The van der Waals surface area contributed by atoms with Gasteiger partial charge in [0.1, 0.15) is 6.10 Å². The molecule has 12 heavy (non-hydrogen) atoms. The van der Waals surface area contributed by atoms with Crippen LogP contribution in [-0.2, 0) is 4.74 Å². The van der Waals surface area contributed by atoms with Crippen molar-refractivity contribution in [2.75, 3.05) is 0 Å². The zero-order valence-electron chi connectivity index (χ0n) is 7.59. The Labute approximate surface area is 72.5 Å². The minimum atomic E-state index is -0.247. The summed E-state index contributed by atoms with van der Waals surface area (Å²) in [7, 11) is 0. The number of fused-ring (bicyclic) bond motifs is 1. The van der Waals surface area contributed by atoms with Gasteiger partial charge in [0, 0.05) is 11.5 Å². The van der Waals surface area contributed by atoms with Crippen molar-refractivity contribution in [3.05, 3.63) is 0 Å². The van der Waals surface area contributed by atoms with Crippen LogP contribution < -0.4 is 5.32 Å². The summed E-state index contributed by atoms with van der Waals surface area (Å²) < 4.78 is 5.12. The molecule has 3 atom stereocenters. The summed E-state index contributed by atoms with van der Waals surface area (Å²) in [5, 5.41) is 2.92. The Morgan fingerprint density at radius 2 is 2.42 bits per heavy atom. The number of carbonyl (C=O) groups is 1. The van der Waals surface area contributed by atoms with Gasteiger partial charge in [0.25, 0.3) is 0 Å². The smallest absolute Gasteiger partial charge is 0.407 e. The van der Waals surface area contributed by atoms with Crippen LogP contribution in [0.2, 0.25) is 0 Å². The van der Waals surface area contributed by atoms with Crippen LogP contribution in [0.3, 0.4) is 0 Å². The van der Waals surface area contributed by atoms with Gasteiger partial charge < -0.3 is 10.1 Å². The molecule has 3 heteroatoms. The number of hydrogen-bond donors (Lipinski definition) is 1. The summed E-state index contributed by atoms with van der Waals surface area (Å²) in [6.07, 6.45) is 3.32. The third-order valence-electron chi connectivity index (χ3n) is 3.28. The highest BCUT2D eigenvalue weighted by Crippen LogP contribution is 2.40. The lowest BCUT2D eigenvalue weighted by molar-refractivity contribution is 0.00852. The molecule has 1 saturated heterocycles.